The molecule has 0 bridgehead atoms. The van der Waals surface area contributed by atoms with Gasteiger partial charge in [-0.15, -0.1) is 11.3 Å². The fourth-order valence-corrected chi connectivity index (χ4v) is 4.46. The lowest BCUT2D eigenvalue weighted by molar-refractivity contribution is 0.0928. The van der Waals surface area contributed by atoms with Crippen molar-refractivity contribution in [1.82, 2.24) is 9.62 Å². The molecule has 0 aliphatic carbocycles. The summed E-state index contributed by atoms with van der Waals surface area (Å²) in [7, 11) is -3.11. The number of hydrogen-bond donors (Lipinski definition) is 1. The van der Waals surface area contributed by atoms with Crippen LogP contribution in [0.3, 0.4) is 0 Å². The molecule has 0 radical (unpaired) electrons. The minimum absolute atomic E-state index is 0.0411. The van der Waals surface area contributed by atoms with Crippen molar-refractivity contribution in [2.75, 3.05) is 19.3 Å². The average Bonchev–Trinajstić information content (AvgIpc) is 2.79. The SMILES string of the molecule is CCc1sc(C(=O)NC2CCN(S(C)(=O)=O)CC2)cc1C. The molecule has 1 aliphatic rings. The average molecular weight is 330 g/mol. The number of hydrogen-bond acceptors (Lipinski definition) is 4. The lowest BCUT2D eigenvalue weighted by Gasteiger charge is -2.30. The fourth-order valence-electron chi connectivity index (χ4n) is 2.57. The van der Waals surface area contributed by atoms with Gasteiger partial charge in [0, 0.05) is 24.0 Å². The van der Waals surface area contributed by atoms with Crippen LogP contribution < -0.4 is 5.32 Å². The lowest BCUT2D eigenvalue weighted by Crippen LogP contribution is -2.46. The highest BCUT2D eigenvalue weighted by atomic mass is 32.2. The van der Waals surface area contributed by atoms with Gasteiger partial charge in [0.25, 0.3) is 5.91 Å². The Kier molecular flexibility index (Phi) is 5.06. The zero-order chi connectivity index (χ0) is 15.6. The van der Waals surface area contributed by atoms with Crippen LogP contribution in [0.4, 0.5) is 0 Å². The monoisotopic (exact) mass is 330 g/mol. The number of nitrogens with one attached hydrogen (secondary N) is 1. The first-order chi connectivity index (χ1) is 9.81. The number of rotatable bonds is 4. The quantitative estimate of drug-likeness (QED) is 0.915. The highest BCUT2D eigenvalue weighted by Crippen LogP contribution is 2.23. The predicted molar refractivity (Wildman–Crippen MR) is 85.3 cm³/mol. The standard InChI is InChI=1S/C14H22N2O3S2/c1-4-12-10(2)9-13(20-12)14(17)15-11-5-7-16(8-6-11)21(3,18)19/h9,11H,4-8H2,1-3H3,(H,15,17). The van der Waals surface area contributed by atoms with E-state index in [1.807, 2.05) is 13.0 Å². The van der Waals surface area contributed by atoms with Crippen LogP contribution in [0.25, 0.3) is 0 Å². The molecule has 2 rings (SSSR count). The molecule has 1 aromatic heterocycles. The Hall–Kier alpha value is -0.920. The number of amides is 1. The Bertz CT molecular complexity index is 614. The Morgan fingerprint density at radius 2 is 2.05 bits per heavy atom. The minimum Gasteiger partial charge on any atom is -0.349 e. The second-order valence-corrected chi connectivity index (χ2v) is 8.60. The van der Waals surface area contributed by atoms with Gasteiger partial charge < -0.3 is 5.32 Å². The number of carbonyl (C=O) groups is 1. The van der Waals surface area contributed by atoms with Crippen molar-refractivity contribution < 1.29 is 13.2 Å². The second-order valence-electron chi connectivity index (χ2n) is 5.48. The molecule has 0 spiro atoms. The van der Waals surface area contributed by atoms with Gasteiger partial charge in [-0.3, -0.25) is 4.79 Å². The van der Waals surface area contributed by atoms with Gasteiger partial charge in [0.1, 0.15) is 0 Å². The summed E-state index contributed by atoms with van der Waals surface area (Å²) in [6.07, 6.45) is 3.51. The van der Waals surface area contributed by atoms with Crippen molar-refractivity contribution in [3.63, 3.8) is 0 Å². The molecular formula is C14H22N2O3S2. The zero-order valence-corrected chi connectivity index (χ0v) is 14.3. The first-order valence-corrected chi connectivity index (χ1v) is 9.83. The van der Waals surface area contributed by atoms with E-state index < -0.39 is 10.0 Å². The van der Waals surface area contributed by atoms with Gasteiger partial charge in [-0.05, 0) is 37.8 Å². The molecule has 1 aliphatic heterocycles. The molecule has 5 nitrogen and oxygen atoms in total. The van der Waals surface area contributed by atoms with Crippen LogP contribution in [-0.4, -0.2) is 44.0 Å². The van der Waals surface area contributed by atoms with Gasteiger partial charge in [0.2, 0.25) is 10.0 Å². The fraction of sp³-hybridized carbons (Fsp3) is 0.643. The van der Waals surface area contributed by atoms with Crippen molar-refractivity contribution >= 4 is 27.3 Å². The molecule has 21 heavy (non-hydrogen) atoms. The predicted octanol–water partition coefficient (Wildman–Crippen LogP) is 1.77. The number of nitrogens with zero attached hydrogens (tertiary/aromatic N) is 1. The van der Waals surface area contributed by atoms with Crippen LogP contribution in [0.1, 0.15) is 39.9 Å². The Morgan fingerprint density at radius 1 is 1.43 bits per heavy atom. The van der Waals surface area contributed by atoms with Crippen LogP contribution in [0.5, 0.6) is 0 Å². The van der Waals surface area contributed by atoms with Gasteiger partial charge in [0.05, 0.1) is 11.1 Å². The Labute approximate surface area is 130 Å². The number of sulfonamides is 1. The van der Waals surface area contributed by atoms with E-state index in [-0.39, 0.29) is 11.9 Å². The van der Waals surface area contributed by atoms with Crippen LogP contribution in [-0.2, 0) is 16.4 Å². The summed E-state index contributed by atoms with van der Waals surface area (Å²) in [5.74, 6) is -0.0411. The molecule has 7 heteroatoms. The molecule has 0 atom stereocenters. The summed E-state index contributed by atoms with van der Waals surface area (Å²) < 4.78 is 24.4. The second kappa shape index (κ2) is 6.46. The van der Waals surface area contributed by atoms with E-state index in [4.69, 9.17) is 0 Å². The smallest absolute Gasteiger partial charge is 0.261 e. The van der Waals surface area contributed by atoms with Crippen molar-refractivity contribution in [3.8, 4) is 0 Å². The molecule has 1 amide bonds. The summed E-state index contributed by atoms with van der Waals surface area (Å²) in [6, 6.07) is 1.99. The summed E-state index contributed by atoms with van der Waals surface area (Å²) in [6.45, 7) is 5.07. The third-order valence-electron chi connectivity index (χ3n) is 3.82. The highest BCUT2D eigenvalue weighted by Gasteiger charge is 2.26. The third kappa shape index (κ3) is 4.05. The van der Waals surface area contributed by atoms with Crippen molar-refractivity contribution in [3.05, 3.63) is 21.4 Å². The van der Waals surface area contributed by atoms with E-state index in [1.54, 1.807) is 11.3 Å². The molecular weight excluding hydrogens is 308 g/mol. The first kappa shape index (κ1) is 16.5. The molecule has 1 fully saturated rings. The molecule has 0 unspecified atom stereocenters. The number of aryl methyl sites for hydroxylation is 2. The van der Waals surface area contributed by atoms with Crippen molar-refractivity contribution in [1.29, 1.82) is 0 Å². The number of carbonyl (C=O) groups excluding carboxylic acids is 1. The maximum absolute atomic E-state index is 12.2. The van der Waals surface area contributed by atoms with Crippen LogP contribution in [0.15, 0.2) is 6.07 Å². The van der Waals surface area contributed by atoms with Crippen molar-refractivity contribution in [2.45, 2.75) is 39.2 Å². The van der Waals surface area contributed by atoms with Gasteiger partial charge in [-0.25, -0.2) is 12.7 Å². The zero-order valence-electron chi connectivity index (χ0n) is 12.7. The van der Waals surface area contributed by atoms with Crippen molar-refractivity contribution in [2.24, 2.45) is 0 Å². The minimum atomic E-state index is -3.11. The molecule has 1 N–H and O–H groups in total. The lowest BCUT2D eigenvalue weighted by atomic mass is 10.1. The van der Waals surface area contributed by atoms with E-state index in [2.05, 4.69) is 12.2 Å². The summed E-state index contributed by atoms with van der Waals surface area (Å²) in [4.78, 5) is 14.2. The Balaban J connectivity index is 1.92. The maximum atomic E-state index is 12.2. The van der Waals surface area contributed by atoms with Gasteiger partial charge in [-0.1, -0.05) is 6.92 Å². The van der Waals surface area contributed by atoms with E-state index in [0.717, 1.165) is 11.3 Å². The number of piperidine rings is 1. The van der Waals surface area contributed by atoms with Gasteiger partial charge in [-0.2, -0.15) is 0 Å². The molecule has 1 saturated heterocycles. The van der Waals surface area contributed by atoms with Crippen LogP contribution >= 0.6 is 11.3 Å². The summed E-state index contributed by atoms with van der Waals surface area (Å²) in [5.41, 5.74) is 1.17. The summed E-state index contributed by atoms with van der Waals surface area (Å²) >= 11 is 1.54. The summed E-state index contributed by atoms with van der Waals surface area (Å²) in [5, 5.41) is 3.02. The molecule has 2 heterocycles. The van der Waals surface area contributed by atoms with E-state index in [1.165, 1.54) is 21.0 Å². The molecule has 1 aromatic rings. The highest BCUT2D eigenvalue weighted by molar-refractivity contribution is 7.88. The topological polar surface area (TPSA) is 66.5 Å². The van der Waals surface area contributed by atoms with Gasteiger partial charge in [0.15, 0.2) is 0 Å². The first-order valence-electron chi connectivity index (χ1n) is 7.16. The van der Waals surface area contributed by atoms with Crippen LogP contribution in [0, 0.1) is 6.92 Å². The maximum Gasteiger partial charge on any atom is 0.261 e. The largest absolute Gasteiger partial charge is 0.349 e. The van der Waals surface area contributed by atoms with E-state index in [0.29, 0.717) is 25.9 Å². The number of thiophene rings is 1. The third-order valence-corrected chi connectivity index (χ3v) is 6.51. The Morgan fingerprint density at radius 3 is 2.52 bits per heavy atom. The molecule has 0 aromatic carbocycles. The molecule has 0 saturated carbocycles. The van der Waals surface area contributed by atoms with E-state index in [9.17, 15) is 13.2 Å². The normalized spacial score (nSPS) is 17.9. The van der Waals surface area contributed by atoms with Gasteiger partial charge >= 0.3 is 0 Å². The molecule has 118 valence electrons. The van der Waals surface area contributed by atoms with E-state index >= 15 is 0 Å². The van der Waals surface area contributed by atoms with Crippen LogP contribution in [0.2, 0.25) is 0 Å².